The lowest BCUT2D eigenvalue weighted by Crippen LogP contribution is -2.39. The maximum Gasteiger partial charge on any atom is 0.472 e. The number of ether oxygens (including phenoxy) is 1. The van der Waals surface area contributed by atoms with Crippen molar-refractivity contribution in [1.29, 1.82) is 0 Å². The van der Waals surface area contributed by atoms with Crippen LogP contribution in [0.15, 0.2) is 12.7 Å². The van der Waals surface area contributed by atoms with Crippen molar-refractivity contribution >= 4 is 24.8 Å². The number of imidazole rings is 1. The fraction of sp³-hybridized carbons (Fsp3) is 0.643. The van der Waals surface area contributed by atoms with Gasteiger partial charge in [-0.25, -0.2) is 19.5 Å². The number of aliphatic hydroxyl groups excluding tert-OH is 1. The van der Waals surface area contributed by atoms with Crippen LogP contribution in [0.5, 0.6) is 0 Å². The molecule has 2 aliphatic rings. The van der Waals surface area contributed by atoms with Gasteiger partial charge in [0.1, 0.15) is 24.6 Å². The second-order valence-electron chi connectivity index (χ2n) is 6.22. The predicted molar refractivity (Wildman–Crippen MR) is 89.3 cm³/mol. The number of nitrogens with one attached hydrogen (secondary N) is 1. The molecule has 4 heterocycles. The van der Waals surface area contributed by atoms with Crippen LogP contribution in [0.2, 0.25) is 0 Å². The normalized spacial score (nSPS) is 34.1. The minimum absolute atomic E-state index is 0.141. The van der Waals surface area contributed by atoms with Crippen molar-refractivity contribution in [3.8, 4) is 0 Å². The van der Waals surface area contributed by atoms with Crippen molar-refractivity contribution in [3.05, 3.63) is 12.7 Å². The zero-order valence-electron chi connectivity index (χ0n) is 14.1. The van der Waals surface area contributed by atoms with E-state index in [-0.39, 0.29) is 6.61 Å². The Morgan fingerprint density at radius 2 is 2.27 bits per heavy atom. The lowest BCUT2D eigenvalue weighted by molar-refractivity contribution is -0.0664. The van der Waals surface area contributed by atoms with E-state index in [2.05, 4.69) is 27.2 Å². The molecule has 2 saturated heterocycles. The molecule has 0 radical (unpaired) electrons. The maximum absolute atomic E-state index is 11.6. The van der Waals surface area contributed by atoms with Crippen LogP contribution in [-0.2, 0) is 18.3 Å². The van der Waals surface area contributed by atoms with E-state index in [0.29, 0.717) is 17.0 Å². The molecule has 0 amide bonds. The number of aromatic nitrogens is 4. The number of nitrogens with zero attached hydrogens (tertiary/aromatic N) is 4. The molecule has 2 aromatic rings. The quantitative estimate of drug-likeness (QED) is 0.500. The number of phosphoric acid groups is 1. The van der Waals surface area contributed by atoms with Gasteiger partial charge in [-0.15, -0.1) is 0 Å². The highest BCUT2D eigenvalue weighted by Crippen LogP contribution is 2.52. The van der Waals surface area contributed by atoms with Gasteiger partial charge in [0.15, 0.2) is 23.2 Å². The van der Waals surface area contributed by atoms with Crippen LogP contribution in [-0.4, -0.2) is 61.0 Å². The van der Waals surface area contributed by atoms with Crippen molar-refractivity contribution in [2.45, 2.75) is 44.3 Å². The fourth-order valence-electron chi connectivity index (χ4n) is 3.12. The molecule has 0 bridgehead atoms. The van der Waals surface area contributed by atoms with Gasteiger partial charge in [-0.3, -0.25) is 13.6 Å². The monoisotopic (exact) mass is 385 g/mol. The van der Waals surface area contributed by atoms with E-state index in [0.717, 1.165) is 19.4 Å². The lowest BCUT2D eigenvalue weighted by Gasteiger charge is -2.27. The third-order valence-electron chi connectivity index (χ3n) is 4.42. The van der Waals surface area contributed by atoms with E-state index in [1.165, 1.54) is 12.7 Å². The third kappa shape index (κ3) is 3.11. The summed E-state index contributed by atoms with van der Waals surface area (Å²) in [6.45, 7) is 2.72. The van der Waals surface area contributed by atoms with Crippen molar-refractivity contribution in [1.82, 2.24) is 19.5 Å². The highest BCUT2D eigenvalue weighted by Gasteiger charge is 2.52. The van der Waals surface area contributed by atoms with Crippen LogP contribution in [0, 0.1) is 0 Å². The van der Waals surface area contributed by atoms with E-state index in [1.54, 1.807) is 4.57 Å². The van der Waals surface area contributed by atoms with Crippen molar-refractivity contribution in [3.63, 3.8) is 0 Å². The van der Waals surface area contributed by atoms with Gasteiger partial charge in [-0.1, -0.05) is 13.3 Å². The highest BCUT2D eigenvalue weighted by molar-refractivity contribution is 7.47. The molecule has 12 heteroatoms. The summed E-state index contributed by atoms with van der Waals surface area (Å²) in [5.41, 5.74) is 1.04. The van der Waals surface area contributed by atoms with Gasteiger partial charge in [0.05, 0.1) is 12.9 Å². The minimum Gasteiger partial charge on any atom is -0.386 e. The molecule has 0 aliphatic carbocycles. The summed E-state index contributed by atoms with van der Waals surface area (Å²) in [5, 5.41) is 13.8. The fourth-order valence-corrected chi connectivity index (χ4v) is 4.08. The second-order valence-corrected chi connectivity index (χ2v) is 7.62. The number of anilines is 1. The number of aliphatic hydroxyl groups is 1. The average Bonchev–Trinajstić information content (AvgIpc) is 3.17. The summed E-state index contributed by atoms with van der Waals surface area (Å²) in [6.07, 6.45) is 1.29. The van der Waals surface area contributed by atoms with Gasteiger partial charge in [0, 0.05) is 6.54 Å². The molecule has 142 valence electrons. The average molecular weight is 385 g/mol. The van der Waals surface area contributed by atoms with Crippen LogP contribution in [0.25, 0.3) is 11.2 Å². The number of hydrogen-bond acceptors (Lipinski definition) is 9. The summed E-state index contributed by atoms with van der Waals surface area (Å²) in [6, 6.07) is 0. The van der Waals surface area contributed by atoms with E-state index in [9.17, 15) is 14.6 Å². The molecule has 2 fully saturated rings. The Bertz CT molecular complexity index is 846. The standard InChI is InChI=1S/C14H20N5O6P/c1-2-3-4-15-12-9-13(17-6-16-12)19(7-18-9)14-10(20)11-8(24-14)5-23-26(21,22)25-11/h6-8,10-11,14,20H,2-5H2,1H3,(H,21,22)(H,15,16,17)/t8-,10-,11-,14-/m1/s1. The van der Waals surface area contributed by atoms with Crippen LogP contribution in [0.3, 0.4) is 0 Å². The molecular weight excluding hydrogens is 365 g/mol. The number of unbranched alkanes of at least 4 members (excludes halogenated alkanes) is 1. The molecule has 2 aliphatic heterocycles. The molecule has 3 N–H and O–H groups in total. The molecule has 1 unspecified atom stereocenters. The van der Waals surface area contributed by atoms with E-state index >= 15 is 0 Å². The third-order valence-corrected chi connectivity index (χ3v) is 5.41. The Morgan fingerprint density at radius 1 is 1.42 bits per heavy atom. The number of fused-ring (bicyclic) bond motifs is 2. The van der Waals surface area contributed by atoms with Crippen LogP contribution >= 0.6 is 7.82 Å². The largest absolute Gasteiger partial charge is 0.472 e. The van der Waals surface area contributed by atoms with Crippen LogP contribution < -0.4 is 5.32 Å². The SMILES string of the molecule is CCCCNc1ncnc2c1ncn2[C@@H]1O[C@@H]2COP(=O)(O)O[C@H]2[C@H]1O. The summed E-state index contributed by atoms with van der Waals surface area (Å²) >= 11 is 0. The van der Waals surface area contributed by atoms with E-state index < -0.39 is 32.4 Å². The summed E-state index contributed by atoms with van der Waals surface area (Å²) < 4.78 is 28.7. The molecular formula is C14H20N5O6P. The molecule has 5 atom stereocenters. The smallest absolute Gasteiger partial charge is 0.386 e. The van der Waals surface area contributed by atoms with E-state index in [4.69, 9.17) is 13.8 Å². The number of hydrogen-bond donors (Lipinski definition) is 3. The number of rotatable bonds is 5. The van der Waals surface area contributed by atoms with Gasteiger partial charge in [0.2, 0.25) is 0 Å². The predicted octanol–water partition coefficient (Wildman–Crippen LogP) is 0.812. The summed E-state index contributed by atoms with van der Waals surface area (Å²) in [7, 11) is -4.17. The topological polar surface area (TPSA) is 141 Å². The number of phosphoric ester groups is 1. The molecule has 2 aromatic heterocycles. The van der Waals surface area contributed by atoms with Gasteiger partial charge < -0.3 is 20.1 Å². The molecule has 0 spiro atoms. The highest BCUT2D eigenvalue weighted by atomic mass is 31.2. The Kier molecular flexibility index (Phi) is 4.68. The Morgan fingerprint density at radius 3 is 3.08 bits per heavy atom. The van der Waals surface area contributed by atoms with Gasteiger partial charge in [0.25, 0.3) is 0 Å². The first-order valence-electron chi connectivity index (χ1n) is 8.41. The lowest BCUT2D eigenvalue weighted by atomic mass is 10.1. The zero-order chi connectivity index (χ0) is 18.3. The Hall–Kier alpha value is -1.62. The molecule has 11 nitrogen and oxygen atoms in total. The summed E-state index contributed by atoms with van der Waals surface area (Å²) in [4.78, 5) is 22.2. The van der Waals surface area contributed by atoms with E-state index in [1.807, 2.05) is 0 Å². The Balaban J connectivity index is 1.61. The molecule has 0 saturated carbocycles. The maximum atomic E-state index is 11.6. The van der Waals surface area contributed by atoms with Gasteiger partial charge >= 0.3 is 7.82 Å². The first-order valence-corrected chi connectivity index (χ1v) is 9.90. The van der Waals surface area contributed by atoms with Gasteiger partial charge in [-0.2, -0.15) is 0 Å². The summed E-state index contributed by atoms with van der Waals surface area (Å²) in [5.74, 6) is 0.603. The van der Waals surface area contributed by atoms with Crippen molar-refractivity contribution in [2.75, 3.05) is 18.5 Å². The zero-order valence-corrected chi connectivity index (χ0v) is 15.0. The molecule has 26 heavy (non-hydrogen) atoms. The van der Waals surface area contributed by atoms with Gasteiger partial charge in [-0.05, 0) is 6.42 Å². The van der Waals surface area contributed by atoms with Crippen molar-refractivity contribution in [2.24, 2.45) is 0 Å². The van der Waals surface area contributed by atoms with Crippen LogP contribution in [0.1, 0.15) is 26.0 Å². The van der Waals surface area contributed by atoms with Crippen molar-refractivity contribution < 1.29 is 28.3 Å². The molecule has 0 aromatic carbocycles. The van der Waals surface area contributed by atoms with Crippen LogP contribution in [0.4, 0.5) is 5.82 Å². The second kappa shape index (κ2) is 6.84. The molecule has 4 rings (SSSR count). The Labute approximate surface area is 148 Å². The first kappa shape index (κ1) is 17.8. The minimum atomic E-state index is -4.17. The first-order chi connectivity index (χ1) is 12.5.